The molecule has 1 unspecified atom stereocenters. The minimum Gasteiger partial charge on any atom is -0.267 e. The Kier molecular flexibility index (Phi) is 7.32. The highest BCUT2D eigenvalue weighted by Crippen LogP contribution is 2.33. The molecule has 0 aliphatic rings. The molecule has 0 saturated carbocycles. The van der Waals surface area contributed by atoms with Gasteiger partial charge in [0.25, 0.3) is 5.91 Å². The van der Waals surface area contributed by atoms with Crippen LogP contribution in [0.1, 0.15) is 34.5 Å². The van der Waals surface area contributed by atoms with Crippen LogP contribution in [0.3, 0.4) is 0 Å². The molecule has 0 bridgehead atoms. The Morgan fingerprint density at radius 2 is 1.87 bits per heavy atom. The van der Waals surface area contributed by atoms with E-state index in [1.165, 1.54) is 30.6 Å². The number of carbonyl (C=O) groups excluding carboxylic acids is 1. The number of halogens is 4. The first-order chi connectivity index (χ1) is 14.4. The lowest BCUT2D eigenvalue weighted by molar-refractivity contribution is -0.0611. The maximum absolute atomic E-state index is 14.7. The van der Waals surface area contributed by atoms with Crippen molar-refractivity contribution >= 4 is 15.9 Å². The summed E-state index contributed by atoms with van der Waals surface area (Å²) in [7, 11) is -5.16. The summed E-state index contributed by atoms with van der Waals surface area (Å²) in [4.78, 5) is 21.1. The largest absolute Gasteiger partial charge is 0.511 e. The molecule has 0 saturated heterocycles. The molecule has 8 nitrogen and oxygen atoms in total. The van der Waals surface area contributed by atoms with Crippen LogP contribution in [0.5, 0.6) is 0 Å². The lowest BCUT2D eigenvalue weighted by Gasteiger charge is -2.31. The van der Waals surface area contributed by atoms with Gasteiger partial charge in [0.1, 0.15) is 18.0 Å². The van der Waals surface area contributed by atoms with Gasteiger partial charge in [-0.1, -0.05) is 12.1 Å². The number of hydroxylamine groups is 1. The van der Waals surface area contributed by atoms with Gasteiger partial charge in [0.2, 0.25) is 0 Å². The summed E-state index contributed by atoms with van der Waals surface area (Å²) in [5.74, 6) is -1.96. The van der Waals surface area contributed by atoms with Gasteiger partial charge >= 0.3 is 15.5 Å². The summed E-state index contributed by atoms with van der Waals surface area (Å²) in [6.07, 6.45) is 0.866. The maximum atomic E-state index is 14.7. The van der Waals surface area contributed by atoms with E-state index >= 15 is 0 Å². The molecular weight excluding hydrogens is 444 g/mol. The molecule has 1 aromatic carbocycles. The van der Waals surface area contributed by atoms with Crippen LogP contribution in [0, 0.1) is 17.1 Å². The zero-order chi connectivity index (χ0) is 23.4. The van der Waals surface area contributed by atoms with Crippen LogP contribution in [0.2, 0.25) is 0 Å². The molecule has 0 radical (unpaired) electrons. The Labute approximate surface area is 175 Å². The number of rotatable bonds is 7. The van der Waals surface area contributed by atoms with Crippen LogP contribution in [0.4, 0.5) is 17.6 Å². The number of nitrogens with one attached hydrogen (secondary N) is 1. The van der Waals surface area contributed by atoms with E-state index in [1.54, 1.807) is 6.07 Å². The van der Waals surface area contributed by atoms with Gasteiger partial charge in [-0.05, 0) is 25.1 Å². The standard InChI is InChI=1S/C18H16F4N4O4S/c1-11(26(2)31(28,29)18(20,21)22)16(14-5-3-4-13(10-23)15(14)19)30-25-17(27)12-6-8-24-9-7-12/h3-9,11,16H,1-2H3,(H,25,27)/t11-,16?/m0/s1. The van der Waals surface area contributed by atoms with Crippen LogP contribution in [-0.2, 0) is 14.9 Å². The number of pyridine rings is 1. The van der Waals surface area contributed by atoms with Gasteiger partial charge < -0.3 is 0 Å². The van der Waals surface area contributed by atoms with Gasteiger partial charge in [0, 0.05) is 30.6 Å². The molecule has 2 rings (SSSR count). The Hall–Kier alpha value is -3.08. The van der Waals surface area contributed by atoms with E-state index in [0.717, 1.165) is 19.1 Å². The predicted octanol–water partition coefficient (Wildman–Crippen LogP) is 2.66. The van der Waals surface area contributed by atoms with Crippen LogP contribution < -0.4 is 5.48 Å². The highest BCUT2D eigenvalue weighted by Gasteiger charge is 2.51. The summed E-state index contributed by atoms with van der Waals surface area (Å²) in [5, 5.41) is 9.01. The van der Waals surface area contributed by atoms with Crippen molar-refractivity contribution in [2.75, 3.05) is 7.05 Å². The molecule has 1 heterocycles. The average molecular weight is 460 g/mol. The minimum atomic E-state index is -5.80. The maximum Gasteiger partial charge on any atom is 0.511 e. The summed E-state index contributed by atoms with van der Waals surface area (Å²) >= 11 is 0. The highest BCUT2D eigenvalue weighted by molar-refractivity contribution is 7.90. The minimum absolute atomic E-state index is 0.0469. The first-order valence-electron chi connectivity index (χ1n) is 8.50. The van der Waals surface area contributed by atoms with Crippen molar-refractivity contribution in [2.24, 2.45) is 0 Å². The summed E-state index contributed by atoms with van der Waals surface area (Å²) in [6, 6.07) is 6.01. The summed E-state index contributed by atoms with van der Waals surface area (Å²) in [5.41, 5.74) is -4.44. The van der Waals surface area contributed by atoms with Crippen molar-refractivity contribution in [1.82, 2.24) is 14.8 Å². The number of likely N-dealkylation sites (N-methyl/N-ethyl adjacent to an activating group) is 1. The zero-order valence-corrected chi connectivity index (χ0v) is 16.9. The molecule has 0 aliphatic carbocycles. The van der Waals surface area contributed by atoms with Crippen molar-refractivity contribution in [3.63, 3.8) is 0 Å². The number of hydrogen-bond donors (Lipinski definition) is 1. The van der Waals surface area contributed by atoms with Crippen molar-refractivity contribution < 1.29 is 35.6 Å². The van der Waals surface area contributed by atoms with Gasteiger partial charge in [-0.15, -0.1) is 0 Å². The van der Waals surface area contributed by atoms with Crippen molar-refractivity contribution in [1.29, 1.82) is 5.26 Å². The molecule has 0 aliphatic heterocycles. The average Bonchev–Trinajstić information content (AvgIpc) is 2.73. The molecule has 1 amide bonds. The quantitative estimate of drug-likeness (QED) is 0.502. The van der Waals surface area contributed by atoms with Gasteiger partial charge in [-0.3, -0.25) is 14.6 Å². The van der Waals surface area contributed by atoms with E-state index < -0.39 is 50.5 Å². The second-order valence-corrected chi connectivity index (χ2v) is 8.22. The third-order valence-electron chi connectivity index (χ3n) is 4.36. The number of nitrogens with zero attached hydrogens (tertiary/aromatic N) is 3. The summed E-state index contributed by atoms with van der Waals surface area (Å²) < 4.78 is 77.2. The monoisotopic (exact) mass is 460 g/mol. The van der Waals surface area contributed by atoms with E-state index in [0.29, 0.717) is 7.05 Å². The Morgan fingerprint density at radius 3 is 2.42 bits per heavy atom. The van der Waals surface area contributed by atoms with E-state index in [4.69, 9.17) is 10.1 Å². The van der Waals surface area contributed by atoms with E-state index in [9.17, 15) is 30.8 Å². The van der Waals surface area contributed by atoms with E-state index in [1.807, 2.05) is 5.48 Å². The van der Waals surface area contributed by atoms with Gasteiger partial charge in [0.15, 0.2) is 0 Å². The fourth-order valence-electron chi connectivity index (χ4n) is 2.53. The number of alkyl halides is 3. The van der Waals surface area contributed by atoms with Gasteiger partial charge in [-0.25, -0.2) is 18.3 Å². The van der Waals surface area contributed by atoms with Crippen molar-refractivity contribution in [3.8, 4) is 6.07 Å². The van der Waals surface area contributed by atoms with Gasteiger partial charge in [-0.2, -0.15) is 22.7 Å². The number of benzene rings is 1. The first-order valence-corrected chi connectivity index (χ1v) is 9.94. The van der Waals surface area contributed by atoms with Gasteiger partial charge in [0.05, 0.1) is 11.6 Å². The third kappa shape index (κ3) is 5.16. The molecule has 2 aromatic rings. The Balaban J connectivity index is 2.43. The number of sulfonamides is 1. The van der Waals surface area contributed by atoms with Crippen LogP contribution in [0.25, 0.3) is 0 Å². The first kappa shape index (κ1) is 24.2. The predicted molar refractivity (Wildman–Crippen MR) is 98.8 cm³/mol. The Morgan fingerprint density at radius 1 is 1.26 bits per heavy atom. The number of carbonyl (C=O) groups is 1. The normalized spacial score (nSPS) is 14.0. The second-order valence-electron chi connectivity index (χ2n) is 6.23. The van der Waals surface area contributed by atoms with E-state index in [2.05, 4.69) is 4.98 Å². The van der Waals surface area contributed by atoms with Crippen LogP contribution in [-0.4, -0.2) is 42.2 Å². The smallest absolute Gasteiger partial charge is 0.267 e. The molecule has 2 atom stereocenters. The van der Waals surface area contributed by atoms with Crippen LogP contribution in [0.15, 0.2) is 42.7 Å². The van der Waals surface area contributed by atoms with E-state index in [-0.39, 0.29) is 9.87 Å². The molecule has 0 spiro atoms. The molecule has 1 aromatic heterocycles. The third-order valence-corrected chi connectivity index (χ3v) is 6.04. The Bertz CT molecular complexity index is 1090. The summed E-state index contributed by atoms with van der Waals surface area (Å²) in [6.45, 7) is 1.03. The zero-order valence-electron chi connectivity index (χ0n) is 16.1. The number of amides is 1. The number of hydrogen-bond acceptors (Lipinski definition) is 6. The SMILES string of the molecule is C[C@@H](C(ONC(=O)c1ccncc1)c1cccc(C#N)c1F)N(C)S(=O)(=O)C(F)(F)F. The molecule has 1 N–H and O–H groups in total. The van der Waals surface area contributed by atoms with Crippen LogP contribution >= 0.6 is 0 Å². The van der Waals surface area contributed by atoms with Crippen molar-refractivity contribution in [3.05, 3.63) is 65.2 Å². The molecule has 166 valence electrons. The number of nitriles is 1. The fraction of sp³-hybridized carbons (Fsp3) is 0.278. The topological polar surface area (TPSA) is 112 Å². The highest BCUT2D eigenvalue weighted by atomic mass is 32.2. The molecular formula is C18H16F4N4O4S. The lowest BCUT2D eigenvalue weighted by atomic mass is 10.0. The molecule has 13 heteroatoms. The number of aromatic nitrogens is 1. The van der Waals surface area contributed by atoms with Crippen molar-refractivity contribution in [2.45, 2.75) is 24.6 Å². The lowest BCUT2D eigenvalue weighted by Crippen LogP contribution is -2.47. The molecule has 0 fully saturated rings. The fourth-order valence-corrected chi connectivity index (χ4v) is 3.40. The molecule has 31 heavy (non-hydrogen) atoms. The second kappa shape index (κ2) is 9.38.